The number of carbonyl (C=O) groups is 1. The quantitative estimate of drug-likeness (QED) is 0.793. The summed E-state index contributed by atoms with van der Waals surface area (Å²) in [5, 5.41) is 2.73. The number of aryl methyl sites for hydroxylation is 1. The Bertz CT molecular complexity index is 786. The maximum atomic E-state index is 12.2. The summed E-state index contributed by atoms with van der Waals surface area (Å²) in [6.07, 6.45) is 4.20. The van der Waals surface area contributed by atoms with Crippen LogP contribution in [0.5, 0.6) is 11.5 Å². The van der Waals surface area contributed by atoms with Gasteiger partial charge in [-0.05, 0) is 25.0 Å². The average Bonchev–Trinajstić information content (AvgIpc) is 2.62. The largest absolute Gasteiger partial charge is 0.497 e. The Hall–Kier alpha value is -2.83. The van der Waals surface area contributed by atoms with Gasteiger partial charge in [0.15, 0.2) is 0 Å². The van der Waals surface area contributed by atoms with Crippen LogP contribution in [0.2, 0.25) is 0 Å². The summed E-state index contributed by atoms with van der Waals surface area (Å²) < 4.78 is 11.6. The van der Waals surface area contributed by atoms with Crippen LogP contribution in [0.15, 0.2) is 35.4 Å². The number of carbonyl (C=O) groups excluding carboxylic acids is 1. The molecule has 0 aliphatic heterocycles. The number of rotatable bonds is 8. The maximum absolute atomic E-state index is 12.2. The fraction of sp³-hybridized carbons (Fsp3) is 0.389. The number of unbranched alkanes of at least 4 members (excludes halogenated alkanes) is 1. The second-order valence-corrected chi connectivity index (χ2v) is 5.56. The van der Waals surface area contributed by atoms with E-state index in [0.29, 0.717) is 17.2 Å². The van der Waals surface area contributed by atoms with E-state index in [4.69, 9.17) is 9.47 Å². The van der Waals surface area contributed by atoms with Crippen LogP contribution in [-0.2, 0) is 17.8 Å². The van der Waals surface area contributed by atoms with Crippen LogP contribution in [0.1, 0.15) is 25.5 Å². The van der Waals surface area contributed by atoms with E-state index in [-0.39, 0.29) is 18.0 Å². The molecule has 0 radical (unpaired) electrons. The molecule has 0 unspecified atom stereocenters. The molecule has 0 aliphatic rings. The highest BCUT2D eigenvalue weighted by molar-refractivity contribution is 5.92. The fourth-order valence-corrected chi connectivity index (χ4v) is 2.32. The molecule has 0 saturated heterocycles. The zero-order valence-electron chi connectivity index (χ0n) is 14.7. The van der Waals surface area contributed by atoms with E-state index in [9.17, 15) is 9.59 Å². The molecular weight excluding hydrogens is 322 g/mol. The third kappa shape index (κ3) is 5.07. The highest BCUT2D eigenvalue weighted by Crippen LogP contribution is 2.28. The van der Waals surface area contributed by atoms with Crippen LogP contribution >= 0.6 is 0 Å². The number of amides is 1. The second-order valence-electron chi connectivity index (χ2n) is 5.56. The first kappa shape index (κ1) is 18.5. The minimum atomic E-state index is -0.339. The highest BCUT2D eigenvalue weighted by Gasteiger charge is 2.10. The highest BCUT2D eigenvalue weighted by atomic mass is 16.5. The SMILES string of the molecule is CCCCc1cc(=O)n(CC(=O)Nc2ccc(OC)cc2OC)cn1. The molecule has 1 N–H and O–H groups in total. The zero-order chi connectivity index (χ0) is 18.2. The van der Waals surface area contributed by atoms with E-state index < -0.39 is 0 Å². The molecule has 0 fully saturated rings. The number of benzene rings is 1. The van der Waals surface area contributed by atoms with Crippen molar-refractivity contribution in [1.29, 1.82) is 0 Å². The van der Waals surface area contributed by atoms with E-state index in [0.717, 1.165) is 25.0 Å². The summed E-state index contributed by atoms with van der Waals surface area (Å²) in [5.74, 6) is 0.764. The van der Waals surface area contributed by atoms with Crippen molar-refractivity contribution in [1.82, 2.24) is 9.55 Å². The molecule has 7 heteroatoms. The maximum Gasteiger partial charge on any atom is 0.253 e. The van der Waals surface area contributed by atoms with E-state index in [2.05, 4.69) is 17.2 Å². The van der Waals surface area contributed by atoms with Gasteiger partial charge in [-0.3, -0.25) is 14.2 Å². The van der Waals surface area contributed by atoms with E-state index in [1.807, 2.05) is 0 Å². The van der Waals surface area contributed by atoms with Crippen LogP contribution < -0.4 is 20.3 Å². The van der Waals surface area contributed by atoms with Crippen molar-refractivity contribution >= 4 is 11.6 Å². The van der Waals surface area contributed by atoms with Crippen LogP contribution in [0.25, 0.3) is 0 Å². The van der Waals surface area contributed by atoms with Crippen molar-refractivity contribution in [2.24, 2.45) is 0 Å². The molecule has 1 aromatic heterocycles. The second kappa shape index (κ2) is 8.86. The normalized spacial score (nSPS) is 10.4. The summed E-state index contributed by atoms with van der Waals surface area (Å²) in [5.41, 5.74) is 1.02. The van der Waals surface area contributed by atoms with Gasteiger partial charge >= 0.3 is 0 Å². The Morgan fingerprint density at radius 1 is 1.24 bits per heavy atom. The molecule has 2 rings (SSSR count). The molecule has 0 bridgehead atoms. The molecule has 0 spiro atoms. The molecule has 0 saturated carbocycles. The number of ether oxygens (including phenoxy) is 2. The lowest BCUT2D eigenvalue weighted by Gasteiger charge is -2.12. The van der Waals surface area contributed by atoms with Crippen molar-refractivity contribution < 1.29 is 14.3 Å². The summed E-state index contributed by atoms with van der Waals surface area (Å²) in [7, 11) is 3.06. The summed E-state index contributed by atoms with van der Waals surface area (Å²) >= 11 is 0. The van der Waals surface area contributed by atoms with Crippen LogP contribution in [0, 0.1) is 0 Å². The standard InChI is InChI=1S/C18H23N3O4/c1-4-5-6-13-9-18(23)21(12-19-13)11-17(22)20-15-8-7-14(24-2)10-16(15)25-3/h7-10,12H,4-6,11H2,1-3H3,(H,20,22). The Kier molecular flexibility index (Phi) is 6.56. The summed E-state index contributed by atoms with van der Waals surface area (Å²) in [4.78, 5) is 28.6. The first-order valence-electron chi connectivity index (χ1n) is 8.14. The first-order valence-corrected chi connectivity index (χ1v) is 8.14. The molecule has 1 aromatic carbocycles. The predicted molar refractivity (Wildman–Crippen MR) is 95.3 cm³/mol. The number of hydrogen-bond acceptors (Lipinski definition) is 5. The van der Waals surface area contributed by atoms with Crippen molar-refractivity contribution in [3.05, 3.63) is 46.6 Å². The average molecular weight is 345 g/mol. The first-order chi connectivity index (χ1) is 12.1. The molecule has 7 nitrogen and oxygen atoms in total. The predicted octanol–water partition coefficient (Wildman–Crippen LogP) is 2.24. The Morgan fingerprint density at radius 3 is 2.68 bits per heavy atom. The fourth-order valence-electron chi connectivity index (χ4n) is 2.32. The van der Waals surface area contributed by atoms with E-state index in [1.54, 1.807) is 25.3 Å². The lowest BCUT2D eigenvalue weighted by atomic mass is 10.2. The van der Waals surface area contributed by atoms with Gasteiger partial charge < -0.3 is 14.8 Å². The Labute approximate surface area is 146 Å². The number of nitrogens with one attached hydrogen (secondary N) is 1. The van der Waals surface area contributed by atoms with Crippen molar-refractivity contribution in [3.8, 4) is 11.5 Å². The van der Waals surface area contributed by atoms with Gasteiger partial charge in [0.25, 0.3) is 5.56 Å². The van der Waals surface area contributed by atoms with Crippen LogP contribution in [0.3, 0.4) is 0 Å². The molecule has 1 heterocycles. The smallest absolute Gasteiger partial charge is 0.253 e. The number of methoxy groups -OCH3 is 2. The van der Waals surface area contributed by atoms with Gasteiger partial charge in [-0.15, -0.1) is 0 Å². The molecule has 2 aromatic rings. The van der Waals surface area contributed by atoms with Crippen molar-refractivity contribution in [3.63, 3.8) is 0 Å². The van der Waals surface area contributed by atoms with Gasteiger partial charge in [-0.25, -0.2) is 4.98 Å². The minimum absolute atomic E-state index is 0.116. The Balaban J connectivity index is 2.06. The lowest BCUT2D eigenvalue weighted by molar-refractivity contribution is -0.116. The minimum Gasteiger partial charge on any atom is -0.497 e. The lowest BCUT2D eigenvalue weighted by Crippen LogP contribution is -2.28. The summed E-state index contributed by atoms with van der Waals surface area (Å²) in [6.45, 7) is 1.97. The van der Waals surface area contributed by atoms with Gasteiger partial charge in [0.1, 0.15) is 18.0 Å². The van der Waals surface area contributed by atoms with Crippen LogP contribution in [-0.4, -0.2) is 29.7 Å². The molecule has 134 valence electrons. The molecule has 1 amide bonds. The molecule has 0 aliphatic carbocycles. The number of nitrogens with zero attached hydrogens (tertiary/aromatic N) is 2. The monoisotopic (exact) mass is 345 g/mol. The van der Waals surface area contributed by atoms with E-state index >= 15 is 0 Å². The third-order valence-electron chi connectivity index (χ3n) is 3.72. The topological polar surface area (TPSA) is 82.5 Å². The van der Waals surface area contributed by atoms with Crippen molar-refractivity contribution in [2.75, 3.05) is 19.5 Å². The van der Waals surface area contributed by atoms with E-state index in [1.165, 1.54) is 24.1 Å². The van der Waals surface area contributed by atoms with Gasteiger partial charge in [0.05, 0.1) is 26.2 Å². The third-order valence-corrected chi connectivity index (χ3v) is 3.72. The molecular formula is C18H23N3O4. The Morgan fingerprint density at radius 2 is 2.04 bits per heavy atom. The molecule has 0 atom stereocenters. The number of hydrogen-bond donors (Lipinski definition) is 1. The van der Waals surface area contributed by atoms with Gasteiger partial charge in [0, 0.05) is 17.8 Å². The van der Waals surface area contributed by atoms with Gasteiger partial charge in [-0.2, -0.15) is 0 Å². The van der Waals surface area contributed by atoms with Gasteiger partial charge in [0.2, 0.25) is 5.91 Å². The zero-order valence-corrected chi connectivity index (χ0v) is 14.7. The number of aromatic nitrogens is 2. The summed E-state index contributed by atoms with van der Waals surface area (Å²) in [6, 6.07) is 6.56. The van der Waals surface area contributed by atoms with Gasteiger partial charge in [-0.1, -0.05) is 13.3 Å². The molecule has 25 heavy (non-hydrogen) atoms. The van der Waals surface area contributed by atoms with Crippen molar-refractivity contribution in [2.45, 2.75) is 32.7 Å². The number of anilines is 1. The van der Waals surface area contributed by atoms with Crippen LogP contribution in [0.4, 0.5) is 5.69 Å².